The van der Waals surface area contributed by atoms with Crippen molar-refractivity contribution in [3.63, 3.8) is 0 Å². The van der Waals surface area contributed by atoms with Crippen molar-refractivity contribution in [2.24, 2.45) is 5.92 Å². The van der Waals surface area contributed by atoms with Crippen molar-refractivity contribution in [2.45, 2.75) is 25.8 Å². The summed E-state index contributed by atoms with van der Waals surface area (Å²) >= 11 is 0. The highest BCUT2D eigenvalue weighted by Gasteiger charge is 2.20. The van der Waals surface area contributed by atoms with Crippen LogP contribution in [0.25, 0.3) is 21.5 Å². The second kappa shape index (κ2) is 4.38. The summed E-state index contributed by atoms with van der Waals surface area (Å²) in [6.45, 7) is 0.994. The lowest BCUT2D eigenvalue weighted by molar-refractivity contribution is 0.276. The van der Waals surface area contributed by atoms with E-state index < -0.39 is 0 Å². The summed E-state index contributed by atoms with van der Waals surface area (Å²) in [5.74, 6) is 0.762. The van der Waals surface area contributed by atoms with Crippen LogP contribution in [0.2, 0.25) is 0 Å². The smallest absolute Gasteiger partial charge is 0.128 e. The quantitative estimate of drug-likeness (QED) is 0.668. The Balaban J connectivity index is 1.91. The summed E-state index contributed by atoms with van der Waals surface area (Å²) in [4.78, 5) is 0. The number of hydrogen-bond donors (Lipinski definition) is 0. The van der Waals surface area contributed by atoms with Crippen LogP contribution in [0, 0.1) is 17.2 Å². The Morgan fingerprint density at radius 1 is 1.10 bits per heavy atom. The monoisotopic (exact) mass is 260 g/mol. The highest BCUT2D eigenvalue weighted by molar-refractivity contribution is 6.00. The maximum atomic E-state index is 9.51. The summed E-state index contributed by atoms with van der Waals surface area (Å²) < 4.78 is 2.16. The molecule has 3 aromatic rings. The van der Waals surface area contributed by atoms with E-state index in [1.165, 1.54) is 35.4 Å². The standard InChI is InChI=1S/C18H16N2/c19-10-18-17-9-15-7-2-1-6-14(15)8-16(17)12-20(18)11-13-4-3-5-13/h1-2,6-9,12-13H,3-5,11H2. The summed E-state index contributed by atoms with van der Waals surface area (Å²) in [5.41, 5.74) is 0.817. The minimum absolute atomic E-state index is 0.762. The van der Waals surface area contributed by atoms with Gasteiger partial charge in [0.05, 0.1) is 0 Å². The molecule has 1 aliphatic rings. The predicted octanol–water partition coefficient (Wildman–Crippen LogP) is 4.47. The molecule has 98 valence electrons. The van der Waals surface area contributed by atoms with Gasteiger partial charge in [-0.15, -0.1) is 0 Å². The molecule has 4 rings (SSSR count). The second-order valence-corrected chi connectivity index (χ2v) is 5.83. The third kappa shape index (κ3) is 1.71. The van der Waals surface area contributed by atoms with Crippen molar-refractivity contribution in [3.05, 3.63) is 48.3 Å². The third-order valence-electron chi connectivity index (χ3n) is 4.54. The van der Waals surface area contributed by atoms with Gasteiger partial charge in [-0.05, 0) is 41.7 Å². The number of fused-ring (bicyclic) bond motifs is 2. The van der Waals surface area contributed by atoms with Crippen LogP contribution in [-0.4, -0.2) is 4.57 Å². The van der Waals surface area contributed by atoms with Crippen LogP contribution in [0.15, 0.2) is 42.6 Å². The Bertz CT molecular complexity index is 832. The highest BCUT2D eigenvalue weighted by atomic mass is 15.0. The predicted molar refractivity (Wildman–Crippen MR) is 81.5 cm³/mol. The Morgan fingerprint density at radius 3 is 2.50 bits per heavy atom. The molecule has 0 amide bonds. The van der Waals surface area contributed by atoms with Crippen molar-refractivity contribution < 1.29 is 0 Å². The van der Waals surface area contributed by atoms with E-state index in [0.29, 0.717) is 0 Å². The minimum Gasteiger partial charge on any atom is -0.338 e. The first-order valence-electron chi connectivity index (χ1n) is 7.27. The fraction of sp³-hybridized carbons (Fsp3) is 0.278. The summed E-state index contributed by atoms with van der Waals surface area (Å²) in [6.07, 6.45) is 6.11. The van der Waals surface area contributed by atoms with E-state index in [1.807, 2.05) is 6.07 Å². The molecule has 0 bridgehead atoms. The number of nitriles is 1. The van der Waals surface area contributed by atoms with Crippen LogP contribution in [0.4, 0.5) is 0 Å². The van der Waals surface area contributed by atoms with Gasteiger partial charge in [0.1, 0.15) is 11.8 Å². The van der Waals surface area contributed by atoms with Crippen molar-refractivity contribution in [3.8, 4) is 6.07 Å². The largest absolute Gasteiger partial charge is 0.338 e. The molecule has 2 aromatic carbocycles. The topological polar surface area (TPSA) is 28.7 Å². The average Bonchev–Trinajstić information content (AvgIpc) is 2.76. The van der Waals surface area contributed by atoms with Gasteiger partial charge in [-0.25, -0.2) is 0 Å². The van der Waals surface area contributed by atoms with Crippen molar-refractivity contribution in [1.29, 1.82) is 5.26 Å². The van der Waals surface area contributed by atoms with Crippen LogP contribution >= 0.6 is 0 Å². The lowest BCUT2D eigenvalue weighted by Gasteiger charge is -2.25. The lowest BCUT2D eigenvalue weighted by Crippen LogP contribution is -2.18. The molecule has 20 heavy (non-hydrogen) atoms. The van der Waals surface area contributed by atoms with Gasteiger partial charge in [0.25, 0.3) is 0 Å². The lowest BCUT2D eigenvalue weighted by atomic mass is 9.85. The van der Waals surface area contributed by atoms with E-state index in [1.54, 1.807) is 0 Å². The molecule has 0 atom stereocenters. The fourth-order valence-electron chi connectivity index (χ4n) is 3.18. The molecule has 0 unspecified atom stereocenters. The fourth-order valence-corrected chi connectivity index (χ4v) is 3.18. The van der Waals surface area contributed by atoms with E-state index in [2.05, 4.69) is 47.2 Å². The Kier molecular flexibility index (Phi) is 2.53. The van der Waals surface area contributed by atoms with E-state index in [-0.39, 0.29) is 0 Å². The van der Waals surface area contributed by atoms with E-state index in [0.717, 1.165) is 23.5 Å². The van der Waals surface area contributed by atoms with Gasteiger partial charge < -0.3 is 4.57 Å². The molecule has 2 nitrogen and oxygen atoms in total. The Labute approximate surface area is 118 Å². The third-order valence-corrected chi connectivity index (χ3v) is 4.54. The first kappa shape index (κ1) is 11.5. The van der Waals surface area contributed by atoms with Gasteiger partial charge in [-0.2, -0.15) is 5.26 Å². The second-order valence-electron chi connectivity index (χ2n) is 5.83. The minimum atomic E-state index is 0.762. The molecule has 1 saturated carbocycles. The van der Waals surface area contributed by atoms with Crippen molar-refractivity contribution in [2.75, 3.05) is 0 Å². The summed E-state index contributed by atoms with van der Waals surface area (Å²) in [7, 11) is 0. The molecular formula is C18H16N2. The number of benzene rings is 2. The normalized spacial score (nSPS) is 15.3. The van der Waals surface area contributed by atoms with Crippen molar-refractivity contribution >= 4 is 21.5 Å². The SMILES string of the molecule is N#Cc1c2cc3ccccc3cc2cn1CC1CCC1. The van der Waals surface area contributed by atoms with Crippen LogP contribution < -0.4 is 0 Å². The van der Waals surface area contributed by atoms with Crippen molar-refractivity contribution in [1.82, 2.24) is 4.57 Å². The molecule has 0 radical (unpaired) electrons. The maximum absolute atomic E-state index is 9.51. The van der Waals surface area contributed by atoms with Crippen LogP contribution in [0.1, 0.15) is 25.0 Å². The highest BCUT2D eigenvalue weighted by Crippen LogP contribution is 2.31. The molecule has 0 N–H and O–H groups in total. The first-order chi connectivity index (χ1) is 9.85. The van der Waals surface area contributed by atoms with E-state index >= 15 is 0 Å². The summed E-state index contributed by atoms with van der Waals surface area (Å²) in [6, 6.07) is 15.1. The number of nitrogens with zero attached hydrogens (tertiary/aromatic N) is 2. The van der Waals surface area contributed by atoms with Gasteiger partial charge in [-0.3, -0.25) is 0 Å². The molecular weight excluding hydrogens is 244 g/mol. The molecule has 1 aromatic heterocycles. The van der Waals surface area contributed by atoms with E-state index in [4.69, 9.17) is 0 Å². The van der Waals surface area contributed by atoms with Gasteiger partial charge in [0, 0.05) is 23.5 Å². The molecule has 1 fully saturated rings. The summed E-state index contributed by atoms with van der Waals surface area (Å²) in [5, 5.41) is 14.2. The van der Waals surface area contributed by atoms with Gasteiger partial charge in [0.15, 0.2) is 0 Å². The molecule has 0 aliphatic heterocycles. The number of hydrogen-bond acceptors (Lipinski definition) is 1. The van der Waals surface area contributed by atoms with Crippen LogP contribution in [-0.2, 0) is 6.54 Å². The zero-order valence-corrected chi connectivity index (χ0v) is 11.3. The first-order valence-corrected chi connectivity index (χ1v) is 7.27. The van der Waals surface area contributed by atoms with E-state index in [9.17, 15) is 5.26 Å². The Morgan fingerprint density at radius 2 is 1.85 bits per heavy atom. The Hall–Kier alpha value is -2.27. The average molecular weight is 260 g/mol. The zero-order chi connectivity index (χ0) is 13.5. The maximum Gasteiger partial charge on any atom is 0.128 e. The van der Waals surface area contributed by atoms with Crippen LogP contribution in [0.5, 0.6) is 0 Å². The number of rotatable bonds is 2. The molecule has 1 heterocycles. The van der Waals surface area contributed by atoms with Gasteiger partial charge in [0.2, 0.25) is 0 Å². The number of aromatic nitrogens is 1. The molecule has 0 saturated heterocycles. The van der Waals surface area contributed by atoms with Gasteiger partial charge >= 0.3 is 0 Å². The zero-order valence-electron chi connectivity index (χ0n) is 11.3. The molecule has 1 aliphatic carbocycles. The molecule has 2 heteroatoms. The van der Waals surface area contributed by atoms with Crippen LogP contribution in [0.3, 0.4) is 0 Å². The molecule has 0 spiro atoms. The van der Waals surface area contributed by atoms with Gasteiger partial charge in [-0.1, -0.05) is 30.7 Å².